The van der Waals surface area contributed by atoms with Crippen LogP contribution in [0.5, 0.6) is 0 Å². The molecule has 4 atom stereocenters. The van der Waals surface area contributed by atoms with Gasteiger partial charge in [0.05, 0.1) is 12.2 Å². The second-order valence-corrected chi connectivity index (χ2v) is 4.32. The van der Waals surface area contributed by atoms with Crippen molar-refractivity contribution in [1.82, 2.24) is 0 Å². The zero-order valence-corrected chi connectivity index (χ0v) is 8.60. The van der Waals surface area contributed by atoms with E-state index in [0.717, 1.165) is 38.5 Å². The summed E-state index contributed by atoms with van der Waals surface area (Å²) in [6, 6.07) is 0.139. The van der Waals surface area contributed by atoms with E-state index in [4.69, 9.17) is 21.7 Å². The van der Waals surface area contributed by atoms with Gasteiger partial charge in [0, 0.05) is 12.1 Å². The smallest absolute Gasteiger partial charge is 0.0691 e. The van der Waals surface area contributed by atoms with Crippen molar-refractivity contribution in [1.29, 1.82) is 0 Å². The molecule has 2 saturated carbocycles. The summed E-state index contributed by atoms with van der Waals surface area (Å²) >= 11 is 0. The molecule has 0 saturated heterocycles. The van der Waals surface area contributed by atoms with E-state index in [9.17, 15) is 0 Å². The van der Waals surface area contributed by atoms with Crippen molar-refractivity contribution in [3.05, 3.63) is 0 Å². The second-order valence-electron chi connectivity index (χ2n) is 4.32. The molecule has 2 aliphatic carbocycles. The fourth-order valence-corrected chi connectivity index (χ4v) is 1.94. The number of aliphatic hydroxyl groups is 2. The summed E-state index contributed by atoms with van der Waals surface area (Å²) in [5, 5.41) is 17.7. The molecule has 0 aromatic heterocycles. The lowest BCUT2D eigenvalue weighted by Gasteiger charge is -2.04. The van der Waals surface area contributed by atoms with E-state index >= 15 is 0 Å². The topological polar surface area (TPSA) is 92.5 Å². The minimum absolute atomic E-state index is 0.0694. The highest BCUT2D eigenvalue weighted by molar-refractivity contribution is 4.79. The zero-order valence-electron chi connectivity index (χ0n) is 8.60. The molecule has 0 spiro atoms. The van der Waals surface area contributed by atoms with E-state index in [2.05, 4.69) is 0 Å². The largest absolute Gasteiger partial charge is 0.392 e. The van der Waals surface area contributed by atoms with Crippen molar-refractivity contribution in [2.45, 2.75) is 62.8 Å². The predicted molar refractivity (Wildman–Crippen MR) is 55.7 cm³/mol. The molecule has 0 aromatic rings. The van der Waals surface area contributed by atoms with Gasteiger partial charge in [0.1, 0.15) is 0 Å². The molecule has 84 valence electrons. The molecule has 4 heteroatoms. The first-order chi connectivity index (χ1) is 6.61. The van der Waals surface area contributed by atoms with E-state index < -0.39 is 0 Å². The molecule has 0 aromatic carbocycles. The highest BCUT2D eigenvalue weighted by Crippen LogP contribution is 2.16. The van der Waals surface area contributed by atoms with E-state index in [0.29, 0.717) is 0 Å². The molecule has 2 rings (SSSR count). The Morgan fingerprint density at radius 3 is 1.14 bits per heavy atom. The Morgan fingerprint density at radius 1 is 0.714 bits per heavy atom. The van der Waals surface area contributed by atoms with Gasteiger partial charge in [-0.1, -0.05) is 0 Å². The SMILES string of the molecule is NC1CCCC1O.NC1CCCC1O. The lowest BCUT2D eigenvalue weighted by Crippen LogP contribution is -2.28. The molecule has 4 unspecified atom stereocenters. The molecule has 0 amide bonds. The number of aliphatic hydroxyl groups excluding tert-OH is 2. The maximum absolute atomic E-state index is 8.87. The molecule has 2 aliphatic rings. The third kappa shape index (κ3) is 3.53. The standard InChI is InChI=1S/2C5H11NO/c2*6-4-2-1-3-5(4)7/h2*4-5,7H,1-3,6H2. The summed E-state index contributed by atoms with van der Waals surface area (Å²) in [4.78, 5) is 0. The van der Waals surface area contributed by atoms with E-state index in [1.54, 1.807) is 0 Å². The van der Waals surface area contributed by atoms with Crippen molar-refractivity contribution in [3.63, 3.8) is 0 Å². The first kappa shape index (κ1) is 11.9. The van der Waals surface area contributed by atoms with Gasteiger partial charge in [-0.15, -0.1) is 0 Å². The highest BCUT2D eigenvalue weighted by atomic mass is 16.3. The van der Waals surface area contributed by atoms with Gasteiger partial charge >= 0.3 is 0 Å². The van der Waals surface area contributed by atoms with Crippen LogP contribution < -0.4 is 11.5 Å². The summed E-state index contributed by atoms with van der Waals surface area (Å²) in [5.41, 5.74) is 10.9. The molecular weight excluding hydrogens is 180 g/mol. The van der Waals surface area contributed by atoms with Gasteiger partial charge in [-0.3, -0.25) is 0 Å². The van der Waals surface area contributed by atoms with Crippen LogP contribution in [0.2, 0.25) is 0 Å². The van der Waals surface area contributed by atoms with Crippen LogP contribution in [0.1, 0.15) is 38.5 Å². The molecule has 0 heterocycles. The van der Waals surface area contributed by atoms with Gasteiger partial charge in [-0.05, 0) is 38.5 Å². The van der Waals surface area contributed by atoms with Gasteiger partial charge in [-0.25, -0.2) is 0 Å². The first-order valence-corrected chi connectivity index (χ1v) is 5.48. The van der Waals surface area contributed by atoms with Crippen LogP contribution in [-0.4, -0.2) is 34.5 Å². The van der Waals surface area contributed by atoms with E-state index in [1.807, 2.05) is 0 Å². The van der Waals surface area contributed by atoms with Crippen LogP contribution in [0.3, 0.4) is 0 Å². The fourth-order valence-electron chi connectivity index (χ4n) is 1.94. The lowest BCUT2D eigenvalue weighted by molar-refractivity contribution is 0.165. The number of hydrogen-bond acceptors (Lipinski definition) is 4. The average molecular weight is 202 g/mol. The second kappa shape index (κ2) is 5.66. The minimum Gasteiger partial charge on any atom is -0.392 e. The Kier molecular flexibility index (Phi) is 4.81. The normalized spacial score (nSPS) is 42.0. The minimum atomic E-state index is -0.208. The average Bonchev–Trinajstić information content (AvgIpc) is 2.67. The maximum atomic E-state index is 8.87. The maximum Gasteiger partial charge on any atom is 0.0691 e. The summed E-state index contributed by atoms with van der Waals surface area (Å²) in [5.74, 6) is 0. The molecule has 0 radical (unpaired) electrons. The Bertz CT molecular complexity index is 132. The lowest BCUT2D eigenvalue weighted by atomic mass is 10.2. The van der Waals surface area contributed by atoms with Gasteiger partial charge in [0.2, 0.25) is 0 Å². The van der Waals surface area contributed by atoms with E-state index in [-0.39, 0.29) is 24.3 Å². The molecular formula is C10H22N2O2. The van der Waals surface area contributed by atoms with Gasteiger partial charge in [0.15, 0.2) is 0 Å². The Morgan fingerprint density at radius 2 is 1.07 bits per heavy atom. The molecule has 0 bridgehead atoms. The van der Waals surface area contributed by atoms with Crippen molar-refractivity contribution < 1.29 is 10.2 Å². The van der Waals surface area contributed by atoms with E-state index in [1.165, 1.54) is 0 Å². The number of rotatable bonds is 0. The molecule has 6 N–H and O–H groups in total. The van der Waals surface area contributed by atoms with Crippen LogP contribution in [0.4, 0.5) is 0 Å². The summed E-state index contributed by atoms with van der Waals surface area (Å²) in [6.07, 6.45) is 5.59. The van der Waals surface area contributed by atoms with Crippen LogP contribution in [-0.2, 0) is 0 Å². The summed E-state index contributed by atoms with van der Waals surface area (Å²) in [7, 11) is 0. The third-order valence-corrected chi connectivity index (χ3v) is 3.06. The van der Waals surface area contributed by atoms with Crippen LogP contribution in [0, 0.1) is 0 Å². The predicted octanol–water partition coefficient (Wildman–Crippen LogP) is -0.283. The fraction of sp³-hybridized carbons (Fsp3) is 1.00. The summed E-state index contributed by atoms with van der Waals surface area (Å²) in [6.45, 7) is 0. The monoisotopic (exact) mass is 202 g/mol. The van der Waals surface area contributed by atoms with Crippen LogP contribution in [0.25, 0.3) is 0 Å². The zero-order chi connectivity index (χ0) is 10.6. The van der Waals surface area contributed by atoms with Crippen LogP contribution >= 0.6 is 0 Å². The Balaban J connectivity index is 0.000000140. The van der Waals surface area contributed by atoms with Crippen LogP contribution in [0.15, 0.2) is 0 Å². The van der Waals surface area contributed by atoms with Gasteiger partial charge in [0.25, 0.3) is 0 Å². The highest BCUT2D eigenvalue weighted by Gasteiger charge is 2.20. The van der Waals surface area contributed by atoms with Gasteiger partial charge in [-0.2, -0.15) is 0 Å². The first-order valence-electron chi connectivity index (χ1n) is 5.48. The van der Waals surface area contributed by atoms with Crippen molar-refractivity contribution in [3.8, 4) is 0 Å². The molecule has 4 nitrogen and oxygen atoms in total. The summed E-state index contributed by atoms with van der Waals surface area (Å²) < 4.78 is 0. The Labute approximate surface area is 85.3 Å². The Hall–Kier alpha value is -0.160. The third-order valence-electron chi connectivity index (χ3n) is 3.06. The van der Waals surface area contributed by atoms with Gasteiger partial charge < -0.3 is 21.7 Å². The molecule has 0 aliphatic heterocycles. The molecule has 14 heavy (non-hydrogen) atoms. The van der Waals surface area contributed by atoms with Crippen molar-refractivity contribution >= 4 is 0 Å². The molecule has 2 fully saturated rings. The quantitative estimate of drug-likeness (QED) is 0.434. The number of hydrogen-bond donors (Lipinski definition) is 4. The number of nitrogens with two attached hydrogens (primary N) is 2. The van der Waals surface area contributed by atoms with Crippen molar-refractivity contribution in [2.75, 3.05) is 0 Å². The van der Waals surface area contributed by atoms with Crippen molar-refractivity contribution in [2.24, 2.45) is 11.5 Å².